The SMILES string of the molecule is CCCc1nnsc1C(=O)NC(C)c1ccccc1N. The molecule has 1 unspecified atom stereocenters. The fourth-order valence-electron chi connectivity index (χ4n) is 2.03. The van der Waals surface area contributed by atoms with E-state index in [2.05, 4.69) is 14.9 Å². The predicted octanol–water partition coefficient (Wildman–Crippen LogP) is 2.56. The molecule has 0 aliphatic carbocycles. The van der Waals surface area contributed by atoms with E-state index < -0.39 is 0 Å². The van der Waals surface area contributed by atoms with Crippen molar-refractivity contribution in [3.8, 4) is 0 Å². The van der Waals surface area contributed by atoms with Gasteiger partial charge in [0.25, 0.3) is 5.91 Å². The van der Waals surface area contributed by atoms with E-state index in [1.54, 1.807) is 0 Å². The number of nitrogens with one attached hydrogen (secondary N) is 1. The van der Waals surface area contributed by atoms with E-state index in [9.17, 15) is 4.79 Å². The van der Waals surface area contributed by atoms with Gasteiger partial charge in [0, 0.05) is 5.69 Å². The molecule has 20 heavy (non-hydrogen) atoms. The third-order valence-corrected chi connectivity index (χ3v) is 3.83. The Morgan fingerprint density at radius 1 is 1.45 bits per heavy atom. The maximum Gasteiger partial charge on any atom is 0.265 e. The quantitative estimate of drug-likeness (QED) is 0.829. The Hall–Kier alpha value is -1.95. The number of benzene rings is 1. The number of nitrogens with zero attached hydrogens (tertiary/aromatic N) is 2. The first kappa shape index (κ1) is 14.5. The molecule has 0 saturated heterocycles. The van der Waals surface area contributed by atoms with Crippen LogP contribution in [0.5, 0.6) is 0 Å². The Morgan fingerprint density at radius 2 is 2.20 bits per heavy atom. The van der Waals surface area contributed by atoms with Crippen molar-refractivity contribution in [3.63, 3.8) is 0 Å². The van der Waals surface area contributed by atoms with Crippen LogP contribution in [0.25, 0.3) is 0 Å². The normalized spacial score (nSPS) is 12.1. The van der Waals surface area contributed by atoms with Crippen LogP contribution in [0, 0.1) is 0 Å². The molecule has 0 spiro atoms. The van der Waals surface area contributed by atoms with Crippen LogP contribution >= 0.6 is 11.5 Å². The number of carbonyl (C=O) groups is 1. The molecule has 1 atom stereocenters. The molecule has 6 heteroatoms. The lowest BCUT2D eigenvalue weighted by Crippen LogP contribution is -2.27. The smallest absolute Gasteiger partial charge is 0.265 e. The minimum absolute atomic E-state index is 0.140. The van der Waals surface area contributed by atoms with Gasteiger partial charge in [-0.2, -0.15) is 0 Å². The van der Waals surface area contributed by atoms with E-state index >= 15 is 0 Å². The standard InChI is InChI=1S/C14H18N4OS/c1-3-6-12-13(20-18-17-12)14(19)16-9(2)10-7-4-5-8-11(10)15/h4-5,7-9H,3,6,15H2,1-2H3,(H,16,19). The summed E-state index contributed by atoms with van der Waals surface area (Å²) in [5.41, 5.74) is 8.28. The highest BCUT2D eigenvalue weighted by molar-refractivity contribution is 7.08. The highest BCUT2D eigenvalue weighted by Gasteiger charge is 2.18. The van der Waals surface area contributed by atoms with Crippen LogP contribution < -0.4 is 11.1 Å². The van der Waals surface area contributed by atoms with Crippen LogP contribution in [0.3, 0.4) is 0 Å². The lowest BCUT2D eigenvalue weighted by molar-refractivity contribution is 0.0943. The van der Waals surface area contributed by atoms with Crippen LogP contribution in [-0.4, -0.2) is 15.5 Å². The van der Waals surface area contributed by atoms with Gasteiger partial charge in [0.05, 0.1) is 11.7 Å². The Balaban J connectivity index is 2.11. The number of carbonyl (C=O) groups excluding carboxylic acids is 1. The molecular weight excluding hydrogens is 272 g/mol. The summed E-state index contributed by atoms with van der Waals surface area (Å²) < 4.78 is 3.87. The fourth-order valence-corrected chi connectivity index (χ4v) is 2.64. The lowest BCUT2D eigenvalue weighted by Gasteiger charge is -2.15. The summed E-state index contributed by atoms with van der Waals surface area (Å²) in [5, 5.41) is 6.96. The van der Waals surface area contributed by atoms with Crippen molar-refractivity contribution in [1.82, 2.24) is 14.9 Å². The number of nitrogen functional groups attached to an aromatic ring is 1. The zero-order valence-electron chi connectivity index (χ0n) is 11.6. The van der Waals surface area contributed by atoms with Gasteiger partial charge in [-0.15, -0.1) is 5.10 Å². The van der Waals surface area contributed by atoms with E-state index in [0.717, 1.165) is 35.6 Å². The summed E-state index contributed by atoms with van der Waals surface area (Å²) in [6.07, 6.45) is 1.70. The molecule has 0 fully saturated rings. The van der Waals surface area contributed by atoms with Crippen molar-refractivity contribution in [2.24, 2.45) is 0 Å². The van der Waals surface area contributed by atoms with Gasteiger partial charge in [0.15, 0.2) is 0 Å². The number of aryl methyl sites for hydroxylation is 1. The van der Waals surface area contributed by atoms with E-state index in [1.807, 2.05) is 38.1 Å². The minimum Gasteiger partial charge on any atom is -0.398 e. The molecule has 1 amide bonds. The summed E-state index contributed by atoms with van der Waals surface area (Å²) in [5.74, 6) is -0.140. The van der Waals surface area contributed by atoms with E-state index in [1.165, 1.54) is 0 Å². The second kappa shape index (κ2) is 6.47. The van der Waals surface area contributed by atoms with Crippen molar-refractivity contribution < 1.29 is 4.79 Å². The lowest BCUT2D eigenvalue weighted by atomic mass is 10.1. The number of hydrogen-bond donors (Lipinski definition) is 2. The molecule has 2 aromatic rings. The van der Waals surface area contributed by atoms with E-state index in [-0.39, 0.29) is 11.9 Å². The third kappa shape index (κ3) is 3.14. The average molecular weight is 290 g/mol. The zero-order chi connectivity index (χ0) is 14.5. The van der Waals surface area contributed by atoms with Crippen molar-refractivity contribution in [3.05, 3.63) is 40.4 Å². The highest BCUT2D eigenvalue weighted by Crippen LogP contribution is 2.21. The van der Waals surface area contributed by atoms with Crippen LogP contribution in [0.2, 0.25) is 0 Å². The Kier molecular flexibility index (Phi) is 4.68. The number of nitrogens with two attached hydrogens (primary N) is 1. The van der Waals surface area contributed by atoms with Gasteiger partial charge in [-0.25, -0.2) is 0 Å². The molecule has 2 rings (SSSR count). The van der Waals surface area contributed by atoms with Crippen LogP contribution in [0.15, 0.2) is 24.3 Å². The van der Waals surface area contributed by atoms with Gasteiger partial charge >= 0.3 is 0 Å². The summed E-state index contributed by atoms with van der Waals surface area (Å²) in [6, 6.07) is 7.37. The summed E-state index contributed by atoms with van der Waals surface area (Å²) in [7, 11) is 0. The monoisotopic (exact) mass is 290 g/mol. The van der Waals surface area contributed by atoms with Gasteiger partial charge in [-0.1, -0.05) is 36.0 Å². The van der Waals surface area contributed by atoms with Crippen LogP contribution in [0.1, 0.15) is 47.2 Å². The molecule has 3 N–H and O–H groups in total. The maximum atomic E-state index is 12.3. The van der Waals surface area contributed by atoms with Gasteiger partial charge in [-0.3, -0.25) is 4.79 Å². The number of rotatable bonds is 5. The van der Waals surface area contributed by atoms with Gasteiger partial charge in [-0.05, 0) is 36.5 Å². The Labute approximate surface area is 122 Å². The molecule has 1 aromatic heterocycles. The fraction of sp³-hybridized carbons (Fsp3) is 0.357. The third-order valence-electron chi connectivity index (χ3n) is 3.06. The number of para-hydroxylation sites is 1. The second-order valence-electron chi connectivity index (χ2n) is 4.62. The Bertz CT molecular complexity index is 596. The molecular formula is C14H18N4OS. The van der Waals surface area contributed by atoms with Crippen molar-refractivity contribution in [1.29, 1.82) is 0 Å². The molecule has 5 nitrogen and oxygen atoms in total. The van der Waals surface area contributed by atoms with Gasteiger partial charge in [0.2, 0.25) is 0 Å². The first-order valence-electron chi connectivity index (χ1n) is 6.60. The number of hydrogen-bond acceptors (Lipinski definition) is 5. The highest BCUT2D eigenvalue weighted by atomic mass is 32.1. The first-order valence-corrected chi connectivity index (χ1v) is 7.37. The largest absolute Gasteiger partial charge is 0.398 e. The number of aromatic nitrogens is 2. The second-order valence-corrected chi connectivity index (χ2v) is 5.38. The molecule has 1 aromatic carbocycles. The zero-order valence-corrected chi connectivity index (χ0v) is 12.4. The number of anilines is 1. The van der Waals surface area contributed by atoms with Gasteiger partial charge in [0.1, 0.15) is 4.88 Å². The molecule has 0 saturated carbocycles. The van der Waals surface area contributed by atoms with Crippen molar-refractivity contribution >= 4 is 23.1 Å². The predicted molar refractivity (Wildman–Crippen MR) is 80.6 cm³/mol. The molecule has 106 valence electrons. The molecule has 0 aliphatic rings. The summed E-state index contributed by atoms with van der Waals surface area (Å²) >= 11 is 1.13. The molecule has 0 radical (unpaired) electrons. The van der Waals surface area contributed by atoms with Crippen LogP contribution in [-0.2, 0) is 6.42 Å². The summed E-state index contributed by atoms with van der Waals surface area (Å²) in [6.45, 7) is 3.96. The molecule has 1 heterocycles. The summed E-state index contributed by atoms with van der Waals surface area (Å²) in [4.78, 5) is 12.9. The maximum absolute atomic E-state index is 12.3. The first-order chi connectivity index (χ1) is 9.63. The molecule has 0 bridgehead atoms. The molecule has 0 aliphatic heterocycles. The van der Waals surface area contributed by atoms with Crippen molar-refractivity contribution in [2.75, 3.05) is 5.73 Å². The van der Waals surface area contributed by atoms with Crippen molar-refractivity contribution in [2.45, 2.75) is 32.7 Å². The number of amides is 1. The van der Waals surface area contributed by atoms with Gasteiger partial charge < -0.3 is 11.1 Å². The topological polar surface area (TPSA) is 80.9 Å². The minimum atomic E-state index is -0.153. The van der Waals surface area contributed by atoms with E-state index in [0.29, 0.717) is 10.6 Å². The van der Waals surface area contributed by atoms with Crippen LogP contribution in [0.4, 0.5) is 5.69 Å². The Morgan fingerprint density at radius 3 is 2.90 bits per heavy atom. The van der Waals surface area contributed by atoms with E-state index in [4.69, 9.17) is 5.73 Å². The average Bonchev–Trinajstić information content (AvgIpc) is 2.88.